The van der Waals surface area contributed by atoms with Gasteiger partial charge in [-0.05, 0) is 82.0 Å². The smallest absolute Gasteiger partial charge is 0.00388 e. The van der Waals surface area contributed by atoms with E-state index in [2.05, 4.69) is 17.1 Å². The van der Waals surface area contributed by atoms with Gasteiger partial charge in [0.25, 0.3) is 0 Å². The zero-order valence-corrected chi connectivity index (χ0v) is 13.6. The number of likely N-dealkylation sites (tertiary alicyclic amines) is 1. The molecule has 116 valence electrons. The third-order valence-electron chi connectivity index (χ3n) is 6.80. The molecule has 2 heterocycles. The standard InChI is InChI=1S/C18H34N2/c1-2-17(8-12-19-13-9-17)16-20-14-10-18(11-15-20)6-4-3-5-7-18/h19H,2-16H2,1H3. The Bertz CT molecular complexity index is 291. The van der Waals surface area contributed by atoms with E-state index in [-0.39, 0.29) is 0 Å². The first-order valence-electron chi connectivity index (χ1n) is 9.19. The van der Waals surface area contributed by atoms with Crippen molar-refractivity contribution in [1.82, 2.24) is 10.2 Å². The van der Waals surface area contributed by atoms with E-state index in [1.165, 1.54) is 96.9 Å². The van der Waals surface area contributed by atoms with Gasteiger partial charge in [-0.25, -0.2) is 0 Å². The summed E-state index contributed by atoms with van der Waals surface area (Å²) in [6.07, 6.45) is 14.7. The first-order valence-corrected chi connectivity index (χ1v) is 9.19. The van der Waals surface area contributed by atoms with E-state index in [1.54, 1.807) is 0 Å². The Balaban J connectivity index is 1.52. The quantitative estimate of drug-likeness (QED) is 0.844. The summed E-state index contributed by atoms with van der Waals surface area (Å²) in [5.74, 6) is 0. The van der Waals surface area contributed by atoms with Crippen molar-refractivity contribution < 1.29 is 0 Å². The molecule has 2 heteroatoms. The lowest BCUT2D eigenvalue weighted by atomic mass is 9.67. The number of hydrogen-bond donors (Lipinski definition) is 1. The summed E-state index contributed by atoms with van der Waals surface area (Å²) in [4.78, 5) is 2.81. The van der Waals surface area contributed by atoms with Crippen LogP contribution >= 0.6 is 0 Å². The zero-order valence-electron chi connectivity index (χ0n) is 13.6. The molecule has 3 aliphatic rings. The SMILES string of the molecule is CCC1(CN2CCC3(CCCCC3)CC2)CCNCC1. The molecule has 0 aromatic rings. The van der Waals surface area contributed by atoms with Crippen LogP contribution < -0.4 is 5.32 Å². The van der Waals surface area contributed by atoms with Crippen LogP contribution in [0.4, 0.5) is 0 Å². The first-order chi connectivity index (χ1) is 9.76. The van der Waals surface area contributed by atoms with Gasteiger partial charge >= 0.3 is 0 Å². The lowest BCUT2D eigenvalue weighted by Crippen LogP contribution is -2.48. The number of piperidine rings is 2. The van der Waals surface area contributed by atoms with Crippen molar-refractivity contribution in [2.24, 2.45) is 10.8 Å². The lowest BCUT2D eigenvalue weighted by molar-refractivity contribution is 0.0309. The van der Waals surface area contributed by atoms with Crippen molar-refractivity contribution >= 4 is 0 Å². The monoisotopic (exact) mass is 278 g/mol. The van der Waals surface area contributed by atoms with Gasteiger partial charge < -0.3 is 10.2 Å². The Labute approximate surface area is 125 Å². The largest absolute Gasteiger partial charge is 0.317 e. The molecule has 0 radical (unpaired) electrons. The molecule has 20 heavy (non-hydrogen) atoms. The van der Waals surface area contributed by atoms with Crippen LogP contribution in [0.25, 0.3) is 0 Å². The summed E-state index contributed by atoms with van der Waals surface area (Å²) in [5, 5.41) is 3.54. The van der Waals surface area contributed by atoms with Gasteiger partial charge in [-0.2, -0.15) is 0 Å². The van der Waals surface area contributed by atoms with Crippen molar-refractivity contribution in [1.29, 1.82) is 0 Å². The molecule has 2 nitrogen and oxygen atoms in total. The molecule has 0 atom stereocenters. The van der Waals surface area contributed by atoms with Crippen molar-refractivity contribution in [2.75, 3.05) is 32.7 Å². The van der Waals surface area contributed by atoms with E-state index >= 15 is 0 Å². The highest BCUT2D eigenvalue weighted by molar-refractivity contribution is 4.92. The van der Waals surface area contributed by atoms with Crippen molar-refractivity contribution in [3.63, 3.8) is 0 Å². The predicted octanol–water partition coefficient (Wildman–Crippen LogP) is 3.81. The Morgan fingerprint density at radius 3 is 2.10 bits per heavy atom. The first kappa shape index (κ1) is 14.8. The fraction of sp³-hybridized carbons (Fsp3) is 1.00. The number of rotatable bonds is 3. The topological polar surface area (TPSA) is 15.3 Å². The van der Waals surface area contributed by atoms with Crippen LogP contribution in [0.3, 0.4) is 0 Å². The third kappa shape index (κ3) is 3.22. The maximum atomic E-state index is 3.54. The molecule has 0 aromatic carbocycles. The molecule has 3 rings (SSSR count). The average Bonchev–Trinajstić information content (AvgIpc) is 2.52. The Hall–Kier alpha value is -0.0800. The summed E-state index contributed by atoms with van der Waals surface area (Å²) < 4.78 is 0. The predicted molar refractivity (Wildman–Crippen MR) is 86.0 cm³/mol. The number of hydrogen-bond acceptors (Lipinski definition) is 2. The maximum Gasteiger partial charge on any atom is 0.00388 e. The molecule has 1 saturated carbocycles. The third-order valence-corrected chi connectivity index (χ3v) is 6.80. The fourth-order valence-electron chi connectivity index (χ4n) is 5.04. The van der Waals surface area contributed by atoms with Crippen molar-refractivity contribution in [3.05, 3.63) is 0 Å². The highest BCUT2D eigenvalue weighted by Gasteiger charge is 2.38. The summed E-state index contributed by atoms with van der Waals surface area (Å²) in [7, 11) is 0. The molecule has 0 aromatic heterocycles. The molecular weight excluding hydrogens is 244 g/mol. The van der Waals surface area contributed by atoms with E-state index in [1.807, 2.05) is 0 Å². The van der Waals surface area contributed by atoms with E-state index in [9.17, 15) is 0 Å². The molecule has 1 N–H and O–H groups in total. The molecular formula is C18H34N2. The second kappa shape index (κ2) is 6.36. The van der Waals surface area contributed by atoms with Gasteiger partial charge in [0.15, 0.2) is 0 Å². The van der Waals surface area contributed by atoms with Gasteiger partial charge in [-0.3, -0.25) is 0 Å². The van der Waals surface area contributed by atoms with E-state index in [0.29, 0.717) is 5.41 Å². The number of nitrogens with zero attached hydrogens (tertiary/aromatic N) is 1. The number of nitrogens with one attached hydrogen (secondary N) is 1. The van der Waals surface area contributed by atoms with Gasteiger partial charge in [0.05, 0.1) is 0 Å². The van der Waals surface area contributed by atoms with Gasteiger partial charge in [-0.1, -0.05) is 26.2 Å². The molecule has 0 unspecified atom stereocenters. The summed E-state index contributed by atoms with van der Waals surface area (Å²) in [6, 6.07) is 0. The maximum absolute atomic E-state index is 3.54. The van der Waals surface area contributed by atoms with Crippen LogP contribution in [0.15, 0.2) is 0 Å². The second-order valence-electron chi connectivity index (χ2n) is 7.94. The van der Waals surface area contributed by atoms with Crippen LogP contribution in [0, 0.1) is 10.8 Å². The average molecular weight is 278 g/mol. The Morgan fingerprint density at radius 1 is 0.850 bits per heavy atom. The van der Waals surface area contributed by atoms with Gasteiger partial charge in [-0.15, -0.1) is 0 Å². The summed E-state index contributed by atoms with van der Waals surface area (Å²) in [5.41, 5.74) is 1.39. The molecule has 3 fully saturated rings. The summed E-state index contributed by atoms with van der Waals surface area (Å²) in [6.45, 7) is 9.04. The normalized spacial score (nSPS) is 30.4. The lowest BCUT2D eigenvalue weighted by Gasteiger charge is -2.47. The minimum Gasteiger partial charge on any atom is -0.317 e. The Kier molecular flexibility index (Phi) is 4.72. The van der Waals surface area contributed by atoms with Crippen LogP contribution in [-0.2, 0) is 0 Å². The molecule has 0 bridgehead atoms. The second-order valence-corrected chi connectivity index (χ2v) is 7.94. The van der Waals surface area contributed by atoms with Crippen molar-refractivity contribution in [2.45, 2.75) is 71.1 Å². The minimum absolute atomic E-state index is 0.627. The molecule has 0 amide bonds. The van der Waals surface area contributed by atoms with Gasteiger partial charge in [0.1, 0.15) is 0 Å². The van der Waals surface area contributed by atoms with Crippen molar-refractivity contribution in [3.8, 4) is 0 Å². The van der Waals surface area contributed by atoms with Crippen LogP contribution in [0.1, 0.15) is 71.1 Å². The molecule has 1 spiro atoms. The fourth-order valence-corrected chi connectivity index (χ4v) is 5.04. The van der Waals surface area contributed by atoms with E-state index < -0.39 is 0 Å². The zero-order chi connectivity index (χ0) is 13.9. The van der Waals surface area contributed by atoms with E-state index in [4.69, 9.17) is 0 Å². The molecule has 2 aliphatic heterocycles. The highest BCUT2D eigenvalue weighted by atomic mass is 15.1. The molecule has 2 saturated heterocycles. The minimum atomic E-state index is 0.627. The van der Waals surface area contributed by atoms with Crippen LogP contribution in [0.5, 0.6) is 0 Å². The van der Waals surface area contributed by atoms with Crippen LogP contribution in [-0.4, -0.2) is 37.6 Å². The van der Waals surface area contributed by atoms with Crippen LogP contribution in [0.2, 0.25) is 0 Å². The molecule has 1 aliphatic carbocycles. The summed E-state index contributed by atoms with van der Waals surface area (Å²) >= 11 is 0. The van der Waals surface area contributed by atoms with Gasteiger partial charge in [0.2, 0.25) is 0 Å². The Morgan fingerprint density at radius 2 is 1.50 bits per heavy atom. The highest BCUT2D eigenvalue weighted by Crippen LogP contribution is 2.45. The van der Waals surface area contributed by atoms with E-state index in [0.717, 1.165) is 5.41 Å². The van der Waals surface area contributed by atoms with Gasteiger partial charge in [0, 0.05) is 6.54 Å².